The molecule has 0 aliphatic rings. The molecule has 0 aliphatic heterocycles. The van der Waals surface area contributed by atoms with Crippen LogP contribution in [0.2, 0.25) is 5.02 Å². The van der Waals surface area contributed by atoms with Gasteiger partial charge in [-0.2, -0.15) is 8.78 Å². The van der Waals surface area contributed by atoms with Crippen molar-refractivity contribution in [3.8, 4) is 11.5 Å². The van der Waals surface area contributed by atoms with Crippen LogP contribution < -0.4 is 14.8 Å². The number of hydrogen-bond acceptors (Lipinski definition) is 4. The molecule has 2 rings (SSSR count). The molecule has 1 amide bonds. The molecule has 0 bridgehead atoms. The van der Waals surface area contributed by atoms with E-state index >= 15 is 0 Å². The Labute approximate surface area is 159 Å². The Kier molecular flexibility index (Phi) is 7.53. The van der Waals surface area contributed by atoms with Gasteiger partial charge in [-0.3, -0.25) is 4.79 Å². The maximum absolute atomic E-state index is 12.3. The first-order chi connectivity index (χ1) is 12.4. The van der Waals surface area contributed by atoms with E-state index in [1.165, 1.54) is 24.9 Å². The lowest BCUT2D eigenvalue weighted by Gasteiger charge is -2.11. The maximum Gasteiger partial charge on any atom is 0.387 e. The molecule has 0 saturated heterocycles. The second-order valence-electron chi connectivity index (χ2n) is 5.36. The summed E-state index contributed by atoms with van der Waals surface area (Å²) in [6.07, 6.45) is 0. The largest absolute Gasteiger partial charge is 0.493 e. The molecule has 8 heteroatoms. The predicted molar refractivity (Wildman–Crippen MR) is 101 cm³/mol. The second-order valence-corrected chi connectivity index (χ2v) is 6.79. The molecule has 140 valence electrons. The molecule has 26 heavy (non-hydrogen) atoms. The van der Waals surface area contributed by atoms with Gasteiger partial charge >= 0.3 is 6.61 Å². The molecule has 0 fully saturated rings. The molecule has 0 heterocycles. The molecule has 0 spiro atoms. The van der Waals surface area contributed by atoms with Crippen LogP contribution in [0.4, 0.5) is 14.5 Å². The fourth-order valence-corrected chi connectivity index (χ4v) is 3.21. The molecule has 0 saturated carbocycles. The standard InChI is InChI=1S/C18H18ClF2NO3S/c1-11-7-13(19)4-5-14(11)22-17(23)10-26-9-12-3-6-15(25-18(20)21)16(8-12)24-2/h3-8,18H,9-10H2,1-2H3,(H,22,23). The number of benzene rings is 2. The summed E-state index contributed by atoms with van der Waals surface area (Å²) in [7, 11) is 1.38. The van der Waals surface area contributed by atoms with Crippen molar-refractivity contribution in [2.24, 2.45) is 0 Å². The van der Waals surface area contributed by atoms with Crippen molar-refractivity contribution in [2.45, 2.75) is 19.3 Å². The van der Waals surface area contributed by atoms with Crippen LogP contribution in [0.1, 0.15) is 11.1 Å². The molecule has 1 N–H and O–H groups in total. The van der Waals surface area contributed by atoms with Gasteiger partial charge in [-0.1, -0.05) is 17.7 Å². The summed E-state index contributed by atoms with van der Waals surface area (Å²) >= 11 is 7.29. The van der Waals surface area contributed by atoms with E-state index in [0.717, 1.165) is 16.8 Å². The number of methoxy groups -OCH3 is 1. The second kappa shape index (κ2) is 9.64. The highest BCUT2D eigenvalue weighted by atomic mass is 35.5. The molecule has 4 nitrogen and oxygen atoms in total. The number of ether oxygens (including phenoxy) is 2. The van der Waals surface area contributed by atoms with E-state index in [2.05, 4.69) is 10.1 Å². The van der Waals surface area contributed by atoms with Gasteiger partial charge in [0.25, 0.3) is 0 Å². The van der Waals surface area contributed by atoms with Crippen LogP contribution in [0.3, 0.4) is 0 Å². The number of alkyl halides is 2. The van der Waals surface area contributed by atoms with Gasteiger partial charge in [-0.05, 0) is 48.4 Å². The summed E-state index contributed by atoms with van der Waals surface area (Å²) in [6.45, 7) is -1.05. The zero-order valence-corrected chi connectivity index (χ0v) is 15.8. The highest BCUT2D eigenvalue weighted by Gasteiger charge is 2.11. The predicted octanol–water partition coefficient (Wildman–Crippen LogP) is 5.13. The summed E-state index contributed by atoms with van der Waals surface area (Å²) in [5, 5.41) is 3.44. The van der Waals surface area contributed by atoms with E-state index in [1.54, 1.807) is 30.3 Å². The van der Waals surface area contributed by atoms with Crippen LogP contribution in [-0.4, -0.2) is 25.4 Å². The number of carbonyl (C=O) groups excluding carboxylic acids is 1. The van der Waals surface area contributed by atoms with Crippen molar-refractivity contribution in [1.82, 2.24) is 0 Å². The van der Waals surface area contributed by atoms with E-state index in [-0.39, 0.29) is 23.2 Å². The monoisotopic (exact) mass is 401 g/mol. The van der Waals surface area contributed by atoms with Crippen LogP contribution in [0.5, 0.6) is 11.5 Å². The molecule has 0 aliphatic carbocycles. The van der Waals surface area contributed by atoms with Crippen LogP contribution >= 0.6 is 23.4 Å². The maximum atomic E-state index is 12.3. The quantitative estimate of drug-likeness (QED) is 0.666. The van der Waals surface area contributed by atoms with Gasteiger partial charge in [-0.25, -0.2) is 0 Å². The van der Waals surface area contributed by atoms with Crippen LogP contribution in [-0.2, 0) is 10.5 Å². The number of amides is 1. The number of hydrogen-bond donors (Lipinski definition) is 1. The zero-order valence-electron chi connectivity index (χ0n) is 14.2. The molecule has 0 aromatic heterocycles. The van der Waals surface area contributed by atoms with Gasteiger partial charge < -0.3 is 14.8 Å². The van der Waals surface area contributed by atoms with Gasteiger partial charge in [-0.15, -0.1) is 11.8 Å². The van der Waals surface area contributed by atoms with Crippen LogP contribution in [0.15, 0.2) is 36.4 Å². The topological polar surface area (TPSA) is 47.6 Å². The molecule has 0 radical (unpaired) electrons. The van der Waals surface area contributed by atoms with Gasteiger partial charge in [0.1, 0.15) is 0 Å². The van der Waals surface area contributed by atoms with Crippen molar-refractivity contribution in [3.63, 3.8) is 0 Å². The number of aryl methyl sites for hydroxylation is 1. The fraction of sp³-hybridized carbons (Fsp3) is 0.278. The summed E-state index contributed by atoms with van der Waals surface area (Å²) in [6, 6.07) is 9.96. The normalized spacial score (nSPS) is 10.7. The Morgan fingerprint density at radius 2 is 2.00 bits per heavy atom. The van der Waals surface area contributed by atoms with E-state index in [0.29, 0.717) is 10.8 Å². The molecular weight excluding hydrogens is 384 g/mol. The lowest BCUT2D eigenvalue weighted by molar-refractivity contribution is -0.113. The Morgan fingerprint density at radius 3 is 2.65 bits per heavy atom. The highest BCUT2D eigenvalue weighted by molar-refractivity contribution is 7.99. The van der Waals surface area contributed by atoms with Crippen molar-refractivity contribution >= 4 is 35.0 Å². The van der Waals surface area contributed by atoms with E-state index in [1.807, 2.05) is 6.92 Å². The minimum Gasteiger partial charge on any atom is -0.493 e. The number of carbonyl (C=O) groups is 1. The third kappa shape index (κ3) is 6.07. The average molecular weight is 402 g/mol. The van der Waals surface area contributed by atoms with Crippen molar-refractivity contribution in [1.29, 1.82) is 0 Å². The van der Waals surface area contributed by atoms with Crippen molar-refractivity contribution in [3.05, 3.63) is 52.5 Å². The SMILES string of the molecule is COc1cc(CSCC(=O)Nc2ccc(Cl)cc2C)ccc1OC(F)F. The Morgan fingerprint density at radius 1 is 1.23 bits per heavy atom. The van der Waals surface area contributed by atoms with E-state index in [9.17, 15) is 13.6 Å². The Bertz CT molecular complexity index is 774. The van der Waals surface area contributed by atoms with Gasteiger partial charge in [0, 0.05) is 16.5 Å². The van der Waals surface area contributed by atoms with Gasteiger partial charge in [0.15, 0.2) is 11.5 Å². The first-order valence-electron chi connectivity index (χ1n) is 7.64. The minimum atomic E-state index is -2.91. The first-order valence-corrected chi connectivity index (χ1v) is 9.17. The van der Waals surface area contributed by atoms with Crippen LogP contribution in [0, 0.1) is 6.92 Å². The number of rotatable bonds is 8. The number of thioether (sulfide) groups is 1. The average Bonchev–Trinajstić information content (AvgIpc) is 2.58. The molecule has 2 aromatic carbocycles. The summed E-state index contributed by atoms with van der Waals surface area (Å²) in [5.41, 5.74) is 2.44. The summed E-state index contributed by atoms with van der Waals surface area (Å²) in [4.78, 5) is 12.0. The molecule has 0 unspecified atom stereocenters. The van der Waals surface area contributed by atoms with Crippen LogP contribution in [0.25, 0.3) is 0 Å². The lowest BCUT2D eigenvalue weighted by atomic mass is 10.2. The molecule has 2 aromatic rings. The van der Waals surface area contributed by atoms with Crippen molar-refractivity contribution < 1.29 is 23.0 Å². The smallest absolute Gasteiger partial charge is 0.387 e. The first kappa shape index (κ1) is 20.3. The Balaban J connectivity index is 1.87. The van der Waals surface area contributed by atoms with Crippen molar-refractivity contribution in [2.75, 3.05) is 18.2 Å². The molecular formula is C18H18ClF2NO3S. The third-order valence-corrected chi connectivity index (χ3v) is 4.65. The highest BCUT2D eigenvalue weighted by Crippen LogP contribution is 2.30. The number of nitrogens with one attached hydrogen (secondary N) is 1. The molecule has 0 atom stereocenters. The Hall–Kier alpha value is -1.99. The van der Waals surface area contributed by atoms with E-state index in [4.69, 9.17) is 16.3 Å². The zero-order chi connectivity index (χ0) is 19.1. The summed E-state index contributed by atoms with van der Waals surface area (Å²) < 4.78 is 34.1. The third-order valence-electron chi connectivity index (χ3n) is 3.41. The number of anilines is 1. The lowest BCUT2D eigenvalue weighted by Crippen LogP contribution is -2.15. The van der Waals surface area contributed by atoms with Gasteiger partial charge in [0.05, 0.1) is 12.9 Å². The van der Waals surface area contributed by atoms with E-state index < -0.39 is 6.61 Å². The minimum absolute atomic E-state index is 0.0211. The van der Waals surface area contributed by atoms with Gasteiger partial charge in [0.2, 0.25) is 5.91 Å². The number of halogens is 3. The fourth-order valence-electron chi connectivity index (χ4n) is 2.21. The summed E-state index contributed by atoms with van der Waals surface area (Å²) in [5.74, 6) is 0.847.